The fraction of sp³-hybridized carbons (Fsp3) is 0.167. The number of hydrogen-bond donors (Lipinski definition) is 2. The van der Waals surface area contributed by atoms with E-state index in [-0.39, 0.29) is 5.50 Å². The summed E-state index contributed by atoms with van der Waals surface area (Å²) in [7, 11) is 0. The van der Waals surface area contributed by atoms with Crippen molar-refractivity contribution < 1.29 is 4.74 Å². The Bertz CT molecular complexity index is 793. The van der Waals surface area contributed by atoms with Gasteiger partial charge in [-0.15, -0.1) is 0 Å². The summed E-state index contributed by atoms with van der Waals surface area (Å²) in [5.74, 6) is 1.89. The monoisotopic (exact) mass is 338 g/mol. The molecule has 0 unspecified atom stereocenters. The van der Waals surface area contributed by atoms with Crippen molar-refractivity contribution in [3.63, 3.8) is 0 Å². The summed E-state index contributed by atoms with van der Waals surface area (Å²) in [5, 5.41) is 11.5. The Balaban J connectivity index is 1.42. The van der Waals surface area contributed by atoms with Gasteiger partial charge in [-0.3, -0.25) is 0 Å². The van der Waals surface area contributed by atoms with E-state index in [1.807, 2.05) is 53.5 Å². The van der Waals surface area contributed by atoms with Crippen LogP contribution in [0, 0.1) is 0 Å². The Hall–Kier alpha value is -2.60. The minimum absolute atomic E-state index is 0.0512. The molecule has 1 aromatic heterocycles. The normalized spacial score (nSPS) is 15.6. The first-order valence-corrected chi connectivity index (χ1v) is 8.74. The van der Waals surface area contributed by atoms with Crippen LogP contribution in [0.3, 0.4) is 0 Å². The van der Waals surface area contributed by atoms with Crippen LogP contribution < -0.4 is 15.4 Å². The van der Waals surface area contributed by atoms with Crippen LogP contribution in [0.1, 0.15) is 6.92 Å². The average molecular weight is 338 g/mol. The van der Waals surface area contributed by atoms with Crippen molar-refractivity contribution in [1.82, 2.24) is 9.19 Å². The molecule has 0 saturated carbocycles. The molecule has 24 heavy (non-hydrogen) atoms. The van der Waals surface area contributed by atoms with Gasteiger partial charge in [0.2, 0.25) is 0 Å². The van der Waals surface area contributed by atoms with E-state index in [0.717, 1.165) is 28.5 Å². The summed E-state index contributed by atoms with van der Waals surface area (Å²) in [6.07, 6.45) is 0. The molecule has 0 spiro atoms. The van der Waals surface area contributed by atoms with Gasteiger partial charge in [0.25, 0.3) is 0 Å². The zero-order valence-corrected chi connectivity index (χ0v) is 14.1. The van der Waals surface area contributed by atoms with E-state index in [2.05, 4.69) is 33.9 Å². The second-order valence-electron chi connectivity index (χ2n) is 5.39. The van der Waals surface area contributed by atoms with Gasteiger partial charge in [0.1, 0.15) is 11.6 Å². The predicted octanol–water partition coefficient (Wildman–Crippen LogP) is 4.27. The van der Waals surface area contributed by atoms with E-state index >= 15 is 0 Å². The van der Waals surface area contributed by atoms with Crippen LogP contribution in [0.25, 0.3) is 11.3 Å². The summed E-state index contributed by atoms with van der Waals surface area (Å²) in [4.78, 5) is 0. The third-order valence-electron chi connectivity index (χ3n) is 3.69. The van der Waals surface area contributed by atoms with E-state index in [9.17, 15) is 0 Å². The molecule has 1 aliphatic rings. The second-order valence-corrected chi connectivity index (χ2v) is 6.41. The molecule has 0 radical (unpaired) electrons. The molecule has 0 bridgehead atoms. The number of aromatic nitrogens is 2. The minimum Gasteiger partial charge on any atom is -0.494 e. The maximum atomic E-state index is 5.46. The van der Waals surface area contributed by atoms with Crippen LogP contribution in [0.15, 0.2) is 60.7 Å². The Morgan fingerprint density at radius 1 is 1.17 bits per heavy atom. The predicted molar refractivity (Wildman–Crippen MR) is 99.3 cm³/mol. The van der Waals surface area contributed by atoms with Crippen LogP contribution >= 0.6 is 11.9 Å². The SMILES string of the molecule is CCOc1ccc(N[C@@H]2Nc3cc(-c4ccccc4)nn3S2)cc1. The van der Waals surface area contributed by atoms with Crippen LogP contribution in [-0.2, 0) is 0 Å². The van der Waals surface area contributed by atoms with E-state index in [1.54, 1.807) is 11.9 Å². The zero-order chi connectivity index (χ0) is 16.4. The van der Waals surface area contributed by atoms with E-state index in [0.29, 0.717) is 6.61 Å². The van der Waals surface area contributed by atoms with Gasteiger partial charge in [-0.25, -0.2) is 0 Å². The quantitative estimate of drug-likeness (QED) is 0.728. The molecule has 2 aromatic carbocycles. The maximum absolute atomic E-state index is 5.46. The molecule has 1 atom stereocenters. The number of ether oxygens (including phenoxy) is 1. The molecule has 3 aromatic rings. The number of rotatable bonds is 5. The standard InChI is InChI=1S/C18H18N4OS/c1-2-23-15-10-8-14(9-11-15)19-18-20-17-12-16(21-22(17)24-18)13-6-4-3-5-7-13/h3-12,18-20H,2H2,1H3/t18-/m1/s1. The third-order valence-corrected chi connectivity index (χ3v) is 4.62. The van der Waals surface area contributed by atoms with Crippen LogP contribution in [0.4, 0.5) is 11.5 Å². The molecule has 4 rings (SSSR count). The number of benzene rings is 2. The first-order chi connectivity index (χ1) is 11.8. The summed E-state index contributed by atoms with van der Waals surface area (Å²) in [6.45, 7) is 2.66. The van der Waals surface area contributed by atoms with Crippen molar-refractivity contribution >= 4 is 23.5 Å². The van der Waals surface area contributed by atoms with Gasteiger partial charge < -0.3 is 15.4 Å². The molecule has 1 aliphatic heterocycles. The van der Waals surface area contributed by atoms with Gasteiger partial charge in [-0.05, 0) is 31.2 Å². The smallest absolute Gasteiger partial charge is 0.168 e. The van der Waals surface area contributed by atoms with Crippen molar-refractivity contribution in [3.05, 3.63) is 60.7 Å². The highest BCUT2D eigenvalue weighted by molar-refractivity contribution is 7.98. The van der Waals surface area contributed by atoms with Crippen molar-refractivity contribution in [2.75, 3.05) is 17.2 Å². The van der Waals surface area contributed by atoms with Crippen molar-refractivity contribution in [3.8, 4) is 17.0 Å². The largest absolute Gasteiger partial charge is 0.494 e. The molecule has 5 nitrogen and oxygen atoms in total. The van der Waals surface area contributed by atoms with Gasteiger partial charge in [0.05, 0.1) is 12.3 Å². The lowest BCUT2D eigenvalue weighted by molar-refractivity contribution is 0.340. The lowest BCUT2D eigenvalue weighted by Crippen LogP contribution is -2.21. The van der Waals surface area contributed by atoms with Crippen LogP contribution in [0.2, 0.25) is 0 Å². The summed E-state index contributed by atoms with van der Waals surface area (Å²) >= 11 is 1.61. The van der Waals surface area contributed by atoms with Crippen LogP contribution in [0.5, 0.6) is 5.75 Å². The fourth-order valence-electron chi connectivity index (χ4n) is 2.58. The highest BCUT2D eigenvalue weighted by Crippen LogP contribution is 2.33. The molecule has 2 N–H and O–H groups in total. The summed E-state index contributed by atoms with van der Waals surface area (Å²) in [5.41, 5.74) is 3.19. The van der Waals surface area contributed by atoms with E-state index in [1.165, 1.54) is 0 Å². The zero-order valence-electron chi connectivity index (χ0n) is 13.3. The molecule has 0 amide bonds. The highest BCUT2D eigenvalue weighted by Gasteiger charge is 2.23. The lowest BCUT2D eigenvalue weighted by Gasteiger charge is -2.13. The first kappa shape index (κ1) is 15.0. The summed E-state index contributed by atoms with van der Waals surface area (Å²) < 4.78 is 7.39. The first-order valence-electron chi connectivity index (χ1n) is 7.90. The average Bonchev–Trinajstić information content (AvgIpc) is 3.16. The maximum Gasteiger partial charge on any atom is 0.168 e. The molecule has 122 valence electrons. The Morgan fingerprint density at radius 3 is 2.67 bits per heavy atom. The van der Waals surface area contributed by atoms with Crippen molar-refractivity contribution in [2.45, 2.75) is 12.4 Å². The lowest BCUT2D eigenvalue weighted by atomic mass is 10.2. The second kappa shape index (κ2) is 6.49. The highest BCUT2D eigenvalue weighted by atomic mass is 32.2. The number of anilines is 2. The van der Waals surface area contributed by atoms with Crippen molar-refractivity contribution in [1.29, 1.82) is 0 Å². The van der Waals surface area contributed by atoms with E-state index in [4.69, 9.17) is 4.74 Å². The van der Waals surface area contributed by atoms with Crippen molar-refractivity contribution in [2.24, 2.45) is 0 Å². The topological polar surface area (TPSA) is 51.1 Å². The Labute approximate surface area is 145 Å². The van der Waals surface area contributed by atoms with Gasteiger partial charge in [-0.2, -0.15) is 9.19 Å². The number of nitrogens with one attached hydrogen (secondary N) is 2. The molecule has 6 heteroatoms. The molecule has 0 saturated heterocycles. The number of nitrogens with zero attached hydrogens (tertiary/aromatic N) is 2. The summed E-state index contributed by atoms with van der Waals surface area (Å²) in [6, 6.07) is 20.2. The van der Waals surface area contributed by atoms with Gasteiger partial charge >= 0.3 is 0 Å². The van der Waals surface area contributed by atoms with Gasteiger partial charge in [0, 0.05) is 29.3 Å². The van der Waals surface area contributed by atoms with Crippen LogP contribution in [-0.4, -0.2) is 21.3 Å². The molecule has 0 fully saturated rings. The Kier molecular flexibility index (Phi) is 4.04. The fourth-order valence-corrected chi connectivity index (χ4v) is 3.50. The Morgan fingerprint density at radius 2 is 1.96 bits per heavy atom. The number of hydrogen-bond acceptors (Lipinski definition) is 5. The molecular formula is C18H18N4OS. The molecule has 0 aliphatic carbocycles. The molecule has 2 heterocycles. The molecular weight excluding hydrogens is 320 g/mol. The van der Waals surface area contributed by atoms with E-state index < -0.39 is 0 Å². The number of fused-ring (bicyclic) bond motifs is 1. The minimum atomic E-state index is 0.0512. The van der Waals surface area contributed by atoms with Gasteiger partial charge in [-0.1, -0.05) is 30.3 Å². The van der Waals surface area contributed by atoms with Gasteiger partial charge in [0.15, 0.2) is 5.50 Å². The third kappa shape index (κ3) is 3.05.